The van der Waals surface area contributed by atoms with Crippen LogP contribution in [0.1, 0.15) is 36.0 Å². The summed E-state index contributed by atoms with van der Waals surface area (Å²) in [4.78, 5) is 30.7. The average Bonchev–Trinajstić information content (AvgIpc) is 3.03. The maximum Gasteiger partial charge on any atom is 0.262 e. The van der Waals surface area contributed by atoms with Gasteiger partial charge in [0.25, 0.3) is 5.56 Å². The standard InChI is InChI=1S/C19H19Cl2N3O2S/c1-2-13-10-14-18(27-13)23-17(8-11-5-6-12(20)9-15(11)21)24(19(14)26)7-3-4-16(22)25/h5-6,9-10H,2-4,7-8H2,1H3,(H2,22,25). The van der Waals surface area contributed by atoms with Crippen LogP contribution in [0.4, 0.5) is 0 Å². The minimum Gasteiger partial charge on any atom is -0.370 e. The van der Waals surface area contributed by atoms with E-state index in [0.717, 1.165) is 21.7 Å². The van der Waals surface area contributed by atoms with E-state index < -0.39 is 0 Å². The quantitative estimate of drug-likeness (QED) is 0.618. The zero-order chi connectivity index (χ0) is 19.6. The molecular weight excluding hydrogens is 405 g/mol. The van der Waals surface area contributed by atoms with E-state index in [0.29, 0.717) is 40.6 Å². The molecule has 0 unspecified atom stereocenters. The minimum absolute atomic E-state index is 0.0968. The lowest BCUT2D eigenvalue weighted by molar-refractivity contribution is -0.118. The third-order valence-electron chi connectivity index (χ3n) is 4.30. The number of benzene rings is 1. The second-order valence-corrected chi connectivity index (χ2v) is 8.21. The number of thiophene rings is 1. The maximum atomic E-state index is 13.0. The normalized spacial score (nSPS) is 11.2. The van der Waals surface area contributed by atoms with Gasteiger partial charge < -0.3 is 5.73 Å². The van der Waals surface area contributed by atoms with Crippen molar-refractivity contribution in [3.05, 3.63) is 60.9 Å². The SMILES string of the molecule is CCc1cc2c(=O)n(CCCC(N)=O)c(Cc3ccc(Cl)cc3Cl)nc2s1. The van der Waals surface area contributed by atoms with Gasteiger partial charge in [-0.05, 0) is 36.6 Å². The van der Waals surface area contributed by atoms with Crippen molar-refractivity contribution in [3.8, 4) is 0 Å². The first-order valence-corrected chi connectivity index (χ1v) is 10.2. The van der Waals surface area contributed by atoms with Crippen molar-refractivity contribution in [3.63, 3.8) is 0 Å². The molecule has 0 bridgehead atoms. The second kappa shape index (κ2) is 8.42. The first kappa shape index (κ1) is 19.9. The Kier molecular flexibility index (Phi) is 6.19. The Labute approximate surface area is 170 Å². The summed E-state index contributed by atoms with van der Waals surface area (Å²) in [6.45, 7) is 2.42. The number of nitrogens with zero attached hydrogens (tertiary/aromatic N) is 2. The van der Waals surface area contributed by atoms with Crippen molar-refractivity contribution in [2.75, 3.05) is 0 Å². The van der Waals surface area contributed by atoms with E-state index >= 15 is 0 Å². The van der Waals surface area contributed by atoms with Gasteiger partial charge >= 0.3 is 0 Å². The van der Waals surface area contributed by atoms with Crippen LogP contribution in [0.2, 0.25) is 10.0 Å². The summed E-state index contributed by atoms with van der Waals surface area (Å²) in [5, 5.41) is 1.69. The van der Waals surface area contributed by atoms with E-state index in [9.17, 15) is 9.59 Å². The fourth-order valence-corrected chi connectivity index (χ4v) is 4.35. The molecule has 8 heteroatoms. The van der Waals surface area contributed by atoms with Crippen LogP contribution in [0.3, 0.4) is 0 Å². The van der Waals surface area contributed by atoms with Gasteiger partial charge in [-0.15, -0.1) is 11.3 Å². The molecule has 0 fully saturated rings. The van der Waals surface area contributed by atoms with E-state index in [2.05, 4.69) is 0 Å². The maximum absolute atomic E-state index is 13.0. The predicted molar refractivity (Wildman–Crippen MR) is 111 cm³/mol. The predicted octanol–water partition coefficient (Wildman–Crippen LogP) is 4.18. The number of primary amides is 1. The van der Waals surface area contributed by atoms with Gasteiger partial charge in [-0.25, -0.2) is 4.98 Å². The number of rotatable bonds is 7. The van der Waals surface area contributed by atoms with Gasteiger partial charge in [-0.1, -0.05) is 36.2 Å². The number of nitrogens with two attached hydrogens (primary N) is 1. The molecule has 1 aromatic carbocycles. The summed E-state index contributed by atoms with van der Waals surface area (Å²) in [6, 6.07) is 7.17. The van der Waals surface area contributed by atoms with Gasteiger partial charge in [-0.3, -0.25) is 14.2 Å². The zero-order valence-corrected chi connectivity index (χ0v) is 17.1. The second-order valence-electron chi connectivity index (χ2n) is 6.25. The van der Waals surface area contributed by atoms with Crippen molar-refractivity contribution in [2.45, 2.75) is 39.2 Å². The first-order chi connectivity index (χ1) is 12.9. The van der Waals surface area contributed by atoms with Crippen LogP contribution in [-0.4, -0.2) is 15.5 Å². The molecule has 2 aromatic heterocycles. The molecule has 0 aliphatic heterocycles. The van der Waals surface area contributed by atoms with Gasteiger partial charge in [0.15, 0.2) is 0 Å². The first-order valence-electron chi connectivity index (χ1n) is 8.63. The molecule has 0 aliphatic carbocycles. The van der Waals surface area contributed by atoms with E-state index in [4.69, 9.17) is 33.9 Å². The third kappa shape index (κ3) is 4.51. The minimum atomic E-state index is -0.386. The molecule has 0 atom stereocenters. The van der Waals surface area contributed by atoms with Crippen LogP contribution in [0.25, 0.3) is 10.2 Å². The highest BCUT2D eigenvalue weighted by Crippen LogP contribution is 2.26. The molecule has 3 aromatic rings. The van der Waals surface area contributed by atoms with Crippen LogP contribution < -0.4 is 11.3 Å². The summed E-state index contributed by atoms with van der Waals surface area (Å²) >= 11 is 13.8. The lowest BCUT2D eigenvalue weighted by atomic mass is 10.1. The van der Waals surface area contributed by atoms with E-state index in [1.54, 1.807) is 16.7 Å². The molecular formula is C19H19Cl2N3O2S. The van der Waals surface area contributed by atoms with Crippen LogP contribution in [-0.2, 0) is 24.2 Å². The molecule has 5 nitrogen and oxygen atoms in total. The average molecular weight is 424 g/mol. The summed E-state index contributed by atoms with van der Waals surface area (Å²) in [5.41, 5.74) is 5.97. The summed E-state index contributed by atoms with van der Waals surface area (Å²) < 4.78 is 1.63. The number of aryl methyl sites for hydroxylation is 1. The molecule has 0 radical (unpaired) electrons. The van der Waals surface area contributed by atoms with Crippen LogP contribution in [0.5, 0.6) is 0 Å². The highest BCUT2D eigenvalue weighted by Gasteiger charge is 2.15. The monoisotopic (exact) mass is 423 g/mol. The van der Waals surface area contributed by atoms with Gasteiger partial charge in [0.2, 0.25) is 5.91 Å². The largest absolute Gasteiger partial charge is 0.370 e. The lowest BCUT2D eigenvalue weighted by Gasteiger charge is -2.13. The molecule has 0 spiro atoms. The van der Waals surface area contributed by atoms with Gasteiger partial charge in [0, 0.05) is 34.3 Å². The van der Waals surface area contributed by atoms with Crippen molar-refractivity contribution in [1.29, 1.82) is 0 Å². The lowest BCUT2D eigenvalue weighted by Crippen LogP contribution is -2.26. The Bertz CT molecular complexity index is 1060. The number of carbonyl (C=O) groups excluding carboxylic acids is 1. The fourth-order valence-electron chi connectivity index (χ4n) is 2.89. The molecule has 1 amide bonds. The molecule has 0 aliphatic rings. The Morgan fingerprint density at radius 2 is 2.07 bits per heavy atom. The molecule has 0 saturated heterocycles. The molecule has 2 heterocycles. The highest BCUT2D eigenvalue weighted by atomic mass is 35.5. The zero-order valence-electron chi connectivity index (χ0n) is 14.8. The Hall–Kier alpha value is -1.89. The van der Waals surface area contributed by atoms with Crippen molar-refractivity contribution >= 4 is 50.7 Å². The van der Waals surface area contributed by atoms with Gasteiger partial charge in [0.05, 0.1) is 5.39 Å². The number of hydrogen-bond donors (Lipinski definition) is 1. The number of hydrogen-bond acceptors (Lipinski definition) is 4. The Morgan fingerprint density at radius 3 is 2.74 bits per heavy atom. The molecule has 2 N–H and O–H groups in total. The summed E-state index contributed by atoms with van der Waals surface area (Å²) in [6.07, 6.45) is 1.95. The number of carbonyl (C=O) groups is 1. The van der Waals surface area contributed by atoms with Crippen molar-refractivity contribution in [1.82, 2.24) is 9.55 Å². The molecule has 3 rings (SSSR count). The van der Waals surface area contributed by atoms with Gasteiger partial charge in [0.1, 0.15) is 10.7 Å². The van der Waals surface area contributed by atoms with E-state index in [1.807, 2.05) is 19.1 Å². The summed E-state index contributed by atoms with van der Waals surface area (Å²) in [5.74, 6) is 0.230. The highest BCUT2D eigenvalue weighted by molar-refractivity contribution is 7.18. The molecule has 27 heavy (non-hydrogen) atoms. The topological polar surface area (TPSA) is 78.0 Å². The van der Waals surface area contributed by atoms with Crippen LogP contribution in [0, 0.1) is 0 Å². The fraction of sp³-hybridized carbons (Fsp3) is 0.316. The third-order valence-corrected chi connectivity index (χ3v) is 6.06. The number of amides is 1. The van der Waals surface area contributed by atoms with Crippen LogP contribution >= 0.6 is 34.5 Å². The number of halogens is 2. The number of aromatic nitrogens is 2. The van der Waals surface area contributed by atoms with E-state index in [1.165, 1.54) is 11.3 Å². The summed E-state index contributed by atoms with van der Waals surface area (Å²) in [7, 11) is 0. The number of fused-ring (bicyclic) bond motifs is 1. The smallest absolute Gasteiger partial charge is 0.262 e. The van der Waals surface area contributed by atoms with Gasteiger partial charge in [-0.2, -0.15) is 0 Å². The van der Waals surface area contributed by atoms with Crippen molar-refractivity contribution < 1.29 is 4.79 Å². The van der Waals surface area contributed by atoms with Crippen molar-refractivity contribution in [2.24, 2.45) is 5.73 Å². The van der Waals surface area contributed by atoms with E-state index in [-0.39, 0.29) is 17.9 Å². The van der Waals surface area contributed by atoms with Crippen LogP contribution in [0.15, 0.2) is 29.1 Å². The molecule has 142 valence electrons. The molecule has 0 saturated carbocycles. The Morgan fingerprint density at radius 1 is 1.30 bits per heavy atom. The Balaban J connectivity index is 2.06.